The fourth-order valence-corrected chi connectivity index (χ4v) is 3.73. The Morgan fingerprint density at radius 2 is 1.93 bits per heavy atom. The quantitative estimate of drug-likeness (QED) is 0.851. The first-order valence-electron chi connectivity index (χ1n) is 9.94. The zero-order chi connectivity index (χ0) is 19.3. The molecule has 0 spiro atoms. The summed E-state index contributed by atoms with van der Waals surface area (Å²) in [4.78, 5) is 19.1. The lowest BCUT2D eigenvalue weighted by Gasteiger charge is -2.34. The molecule has 1 aliphatic heterocycles. The molecule has 1 aromatic carbocycles. The van der Waals surface area contributed by atoms with Gasteiger partial charge in [-0.3, -0.25) is 9.69 Å². The molecule has 2 heterocycles. The van der Waals surface area contributed by atoms with E-state index in [1.165, 1.54) is 5.56 Å². The Hall–Kier alpha value is -2.14. The Kier molecular flexibility index (Phi) is 6.32. The number of hydrogen-bond donors (Lipinski definition) is 1. The number of benzene rings is 1. The number of aromatic nitrogens is 2. The molecule has 0 bridgehead atoms. The lowest BCUT2D eigenvalue weighted by atomic mass is 9.86. The highest BCUT2D eigenvalue weighted by molar-refractivity contribution is 5.78. The van der Waals surface area contributed by atoms with Gasteiger partial charge in [0, 0.05) is 18.9 Å². The molecular weight excluding hydrogens is 336 g/mol. The van der Waals surface area contributed by atoms with Crippen molar-refractivity contribution < 1.29 is 4.79 Å². The van der Waals surface area contributed by atoms with Gasteiger partial charge in [-0.05, 0) is 42.8 Å². The number of rotatable bonds is 6. The Morgan fingerprint density at radius 1 is 1.22 bits per heavy atom. The van der Waals surface area contributed by atoms with Crippen molar-refractivity contribution in [1.29, 1.82) is 0 Å². The molecule has 146 valence electrons. The fraction of sp³-hybridized carbons (Fsp3) is 0.545. The minimum absolute atomic E-state index is 0.0137. The van der Waals surface area contributed by atoms with Crippen LogP contribution in [0.25, 0.3) is 0 Å². The van der Waals surface area contributed by atoms with Crippen molar-refractivity contribution in [3.05, 3.63) is 54.6 Å². The first-order chi connectivity index (χ1) is 12.9. The van der Waals surface area contributed by atoms with E-state index in [1.54, 1.807) is 12.5 Å². The summed E-state index contributed by atoms with van der Waals surface area (Å²) >= 11 is 0. The number of carbonyl (C=O) groups is 1. The molecule has 0 saturated carbocycles. The summed E-state index contributed by atoms with van der Waals surface area (Å²) in [6.07, 6.45) is 7.76. The second kappa shape index (κ2) is 8.70. The standard InChI is InChI=1S/C22H32N4O/c1-22(2,3)20(15-26-14-11-23-17-26)24-21(27)16-25-12-9-19(10-13-25)18-7-5-4-6-8-18/h4-8,11,14,17,19-20H,9-10,12-13,15-16H2,1-3H3,(H,24,27)/t20-/m1/s1. The van der Waals surface area contributed by atoms with E-state index < -0.39 is 0 Å². The molecule has 1 aromatic heterocycles. The van der Waals surface area contributed by atoms with Gasteiger partial charge in [0.15, 0.2) is 0 Å². The van der Waals surface area contributed by atoms with Crippen LogP contribution in [0, 0.1) is 5.41 Å². The monoisotopic (exact) mass is 368 g/mol. The van der Waals surface area contributed by atoms with Gasteiger partial charge in [-0.1, -0.05) is 51.1 Å². The first-order valence-corrected chi connectivity index (χ1v) is 9.94. The van der Waals surface area contributed by atoms with Gasteiger partial charge in [-0.2, -0.15) is 0 Å². The average molecular weight is 369 g/mol. The van der Waals surface area contributed by atoms with Crippen LogP contribution >= 0.6 is 0 Å². The van der Waals surface area contributed by atoms with Crippen molar-refractivity contribution in [2.24, 2.45) is 5.41 Å². The molecule has 1 N–H and O–H groups in total. The summed E-state index contributed by atoms with van der Waals surface area (Å²) in [5.74, 6) is 0.738. The van der Waals surface area contributed by atoms with E-state index in [-0.39, 0.29) is 17.4 Å². The molecule has 1 atom stereocenters. The third kappa shape index (κ3) is 5.67. The van der Waals surface area contributed by atoms with Gasteiger partial charge in [0.2, 0.25) is 5.91 Å². The third-order valence-electron chi connectivity index (χ3n) is 5.56. The maximum atomic E-state index is 12.7. The maximum absolute atomic E-state index is 12.7. The van der Waals surface area contributed by atoms with E-state index in [2.05, 4.69) is 66.3 Å². The van der Waals surface area contributed by atoms with Crippen molar-refractivity contribution in [1.82, 2.24) is 19.8 Å². The number of hydrogen-bond acceptors (Lipinski definition) is 3. The van der Waals surface area contributed by atoms with Crippen molar-refractivity contribution in [2.45, 2.75) is 52.1 Å². The largest absolute Gasteiger partial charge is 0.350 e. The van der Waals surface area contributed by atoms with E-state index in [0.717, 1.165) is 32.5 Å². The molecule has 1 saturated heterocycles. The van der Waals surface area contributed by atoms with Gasteiger partial charge in [0.25, 0.3) is 0 Å². The molecule has 1 fully saturated rings. The van der Waals surface area contributed by atoms with E-state index in [4.69, 9.17) is 0 Å². The Bertz CT molecular complexity index is 698. The zero-order valence-corrected chi connectivity index (χ0v) is 16.8. The predicted octanol–water partition coefficient (Wildman–Crippen LogP) is 3.29. The van der Waals surface area contributed by atoms with Crippen LogP contribution < -0.4 is 5.32 Å². The summed E-state index contributed by atoms with van der Waals surface area (Å²) in [6, 6.07) is 10.8. The van der Waals surface area contributed by atoms with Crippen molar-refractivity contribution >= 4 is 5.91 Å². The van der Waals surface area contributed by atoms with Crippen molar-refractivity contribution in [3.63, 3.8) is 0 Å². The van der Waals surface area contributed by atoms with Gasteiger partial charge in [0.1, 0.15) is 0 Å². The van der Waals surface area contributed by atoms with E-state index in [9.17, 15) is 4.79 Å². The lowest BCUT2D eigenvalue weighted by molar-refractivity contribution is -0.124. The molecule has 5 nitrogen and oxygen atoms in total. The second-order valence-corrected chi connectivity index (χ2v) is 8.71. The molecule has 3 rings (SSSR count). The van der Waals surface area contributed by atoms with E-state index in [0.29, 0.717) is 12.5 Å². The highest BCUT2D eigenvalue weighted by Gasteiger charge is 2.28. The Balaban J connectivity index is 1.49. The predicted molar refractivity (Wildman–Crippen MR) is 108 cm³/mol. The number of nitrogens with zero attached hydrogens (tertiary/aromatic N) is 3. The van der Waals surface area contributed by atoms with E-state index in [1.807, 2.05) is 10.8 Å². The second-order valence-electron chi connectivity index (χ2n) is 8.71. The summed E-state index contributed by atoms with van der Waals surface area (Å²) in [5.41, 5.74) is 1.41. The highest BCUT2D eigenvalue weighted by Crippen LogP contribution is 2.27. The van der Waals surface area contributed by atoms with Gasteiger partial charge in [-0.15, -0.1) is 0 Å². The van der Waals surface area contributed by atoms with Gasteiger partial charge < -0.3 is 9.88 Å². The van der Waals surface area contributed by atoms with E-state index >= 15 is 0 Å². The van der Waals surface area contributed by atoms with Crippen LogP contribution in [0.4, 0.5) is 0 Å². The SMILES string of the molecule is CC(C)(C)[C@@H](Cn1ccnc1)NC(=O)CN1CCC(c2ccccc2)CC1. The molecular formula is C22H32N4O. The topological polar surface area (TPSA) is 50.2 Å². The number of imidazole rings is 1. The lowest BCUT2D eigenvalue weighted by Crippen LogP contribution is -2.50. The van der Waals surface area contributed by atoms with Crippen LogP contribution in [0.5, 0.6) is 0 Å². The van der Waals surface area contributed by atoms with Crippen LogP contribution in [-0.4, -0.2) is 46.0 Å². The summed E-state index contributed by atoms with van der Waals surface area (Å²) in [7, 11) is 0. The minimum atomic E-state index is -0.0137. The smallest absolute Gasteiger partial charge is 0.234 e. The van der Waals surface area contributed by atoms with Crippen LogP contribution in [-0.2, 0) is 11.3 Å². The molecule has 27 heavy (non-hydrogen) atoms. The number of amides is 1. The maximum Gasteiger partial charge on any atom is 0.234 e. The third-order valence-corrected chi connectivity index (χ3v) is 5.56. The molecule has 1 aliphatic rings. The number of likely N-dealkylation sites (tertiary alicyclic amines) is 1. The summed E-state index contributed by atoms with van der Waals surface area (Å²) < 4.78 is 2.03. The molecule has 1 amide bonds. The van der Waals surface area contributed by atoms with Gasteiger partial charge in [0.05, 0.1) is 18.9 Å². The van der Waals surface area contributed by atoms with Crippen LogP contribution in [0.15, 0.2) is 49.1 Å². The highest BCUT2D eigenvalue weighted by atomic mass is 16.2. The van der Waals surface area contributed by atoms with Crippen molar-refractivity contribution in [3.8, 4) is 0 Å². The van der Waals surface area contributed by atoms with Gasteiger partial charge in [-0.25, -0.2) is 4.98 Å². The minimum Gasteiger partial charge on any atom is -0.350 e. The summed E-state index contributed by atoms with van der Waals surface area (Å²) in [6.45, 7) is 9.69. The fourth-order valence-electron chi connectivity index (χ4n) is 3.73. The Labute approximate surface area is 162 Å². The average Bonchev–Trinajstić information content (AvgIpc) is 3.15. The van der Waals surface area contributed by atoms with Crippen molar-refractivity contribution in [2.75, 3.05) is 19.6 Å². The summed E-state index contributed by atoms with van der Waals surface area (Å²) in [5, 5.41) is 3.26. The number of piperidine rings is 1. The van der Waals surface area contributed by atoms with Gasteiger partial charge >= 0.3 is 0 Å². The van der Waals surface area contributed by atoms with Crippen LogP contribution in [0.2, 0.25) is 0 Å². The molecule has 2 aromatic rings. The molecule has 0 aliphatic carbocycles. The number of nitrogens with one attached hydrogen (secondary N) is 1. The molecule has 5 heteroatoms. The zero-order valence-electron chi connectivity index (χ0n) is 16.8. The Morgan fingerprint density at radius 3 is 2.52 bits per heavy atom. The molecule has 0 radical (unpaired) electrons. The molecule has 0 unspecified atom stereocenters. The first kappa shape index (κ1) is 19.6. The van der Waals surface area contributed by atoms with Crippen LogP contribution in [0.3, 0.4) is 0 Å². The van der Waals surface area contributed by atoms with Crippen LogP contribution in [0.1, 0.15) is 45.1 Å². The normalized spacial score (nSPS) is 17.6. The number of carbonyl (C=O) groups excluding carboxylic acids is 1.